The lowest BCUT2D eigenvalue weighted by atomic mass is 9.92. The van der Waals surface area contributed by atoms with Gasteiger partial charge in [0.25, 0.3) is 0 Å². The molecular formula is C18H28N2O. The fraction of sp³-hybridized carbons (Fsp3) is 0.667. The van der Waals surface area contributed by atoms with Crippen molar-refractivity contribution in [3.8, 4) is 0 Å². The number of ether oxygens (including phenoxy) is 1. The molecule has 2 N–H and O–H groups in total. The summed E-state index contributed by atoms with van der Waals surface area (Å²) in [5.41, 5.74) is 8.32. The van der Waals surface area contributed by atoms with Gasteiger partial charge in [0, 0.05) is 30.7 Å². The van der Waals surface area contributed by atoms with Crippen LogP contribution in [0.15, 0.2) is 24.3 Å². The van der Waals surface area contributed by atoms with Crippen molar-refractivity contribution in [3.05, 3.63) is 29.8 Å². The van der Waals surface area contributed by atoms with Gasteiger partial charge in [0.1, 0.15) is 0 Å². The van der Waals surface area contributed by atoms with E-state index in [1.807, 2.05) is 12.1 Å². The molecule has 3 nitrogen and oxygen atoms in total. The van der Waals surface area contributed by atoms with Crippen molar-refractivity contribution in [1.29, 1.82) is 0 Å². The number of hydrogen-bond donors (Lipinski definition) is 1. The van der Waals surface area contributed by atoms with Gasteiger partial charge in [-0.3, -0.25) is 4.90 Å². The first-order valence-corrected chi connectivity index (χ1v) is 7.98. The molecule has 1 saturated carbocycles. The Hall–Kier alpha value is -1.06. The third-order valence-corrected chi connectivity index (χ3v) is 4.66. The van der Waals surface area contributed by atoms with Gasteiger partial charge in [-0.15, -0.1) is 0 Å². The molecule has 3 rings (SSSR count). The second kappa shape index (κ2) is 4.72. The van der Waals surface area contributed by atoms with E-state index in [0.29, 0.717) is 5.41 Å². The van der Waals surface area contributed by atoms with Crippen LogP contribution in [0.3, 0.4) is 0 Å². The van der Waals surface area contributed by atoms with Crippen molar-refractivity contribution in [2.45, 2.75) is 57.2 Å². The molecule has 0 atom stereocenters. The summed E-state index contributed by atoms with van der Waals surface area (Å²) in [4.78, 5) is 2.59. The number of nitrogens with zero attached hydrogens (tertiary/aromatic N) is 1. The summed E-state index contributed by atoms with van der Waals surface area (Å²) in [7, 11) is 0. The van der Waals surface area contributed by atoms with Gasteiger partial charge in [0.2, 0.25) is 0 Å². The Morgan fingerprint density at radius 1 is 1.00 bits per heavy atom. The average Bonchev–Trinajstić information content (AvgIpc) is 3.06. The Bertz CT molecular complexity index is 499. The lowest BCUT2D eigenvalue weighted by Gasteiger charge is -2.48. The molecule has 21 heavy (non-hydrogen) atoms. The Balaban J connectivity index is 1.75. The zero-order valence-corrected chi connectivity index (χ0v) is 13.8. The second-order valence-corrected chi connectivity index (χ2v) is 8.17. The molecule has 116 valence electrons. The molecule has 0 unspecified atom stereocenters. The lowest BCUT2D eigenvalue weighted by Crippen LogP contribution is -2.58. The average molecular weight is 288 g/mol. The smallest absolute Gasteiger partial charge is 0.0760 e. The lowest BCUT2D eigenvalue weighted by molar-refractivity contribution is -0.181. The minimum atomic E-state index is -0.0705. The normalized spacial score (nSPS) is 26.5. The molecule has 0 aromatic heterocycles. The van der Waals surface area contributed by atoms with Crippen LogP contribution in [0.4, 0.5) is 5.69 Å². The Morgan fingerprint density at radius 2 is 1.52 bits per heavy atom. The zero-order chi connectivity index (χ0) is 15.3. The number of anilines is 1. The predicted molar refractivity (Wildman–Crippen MR) is 87.4 cm³/mol. The van der Waals surface area contributed by atoms with Crippen LogP contribution in [0.1, 0.15) is 46.1 Å². The van der Waals surface area contributed by atoms with E-state index in [9.17, 15) is 0 Å². The third kappa shape index (κ3) is 3.24. The highest BCUT2D eigenvalue weighted by molar-refractivity contribution is 5.43. The molecule has 3 heteroatoms. The highest BCUT2D eigenvalue weighted by atomic mass is 16.5. The molecule has 1 saturated heterocycles. The maximum atomic E-state index is 6.19. The summed E-state index contributed by atoms with van der Waals surface area (Å²) in [6.45, 7) is 11.9. The number of benzene rings is 1. The SMILES string of the molecule is CC1(C)CN(CC2(c3ccc(N)cc3)CC2)CC(C)(C)O1. The van der Waals surface area contributed by atoms with Crippen LogP contribution >= 0.6 is 0 Å². The minimum absolute atomic E-state index is 0.0705. The summed E-state index contributed by atoms with van der Waals surface area (Å²) in [5.74, 6) is 0. The number of hydrogen-bond acceptors (Lipinski definition) is 3. The van der Waals surface area contributed by atoms with Gasteiger partial charge in [-0.2, -0.15) is 0 Å². The Morgan fingerprint density at radius 3 is 2.00 bits per heavy atom. The standard InChI is InChI=1S/C18H28N2O/c1-16(2)11-20(12-17(3,4)21-16)13-18(9-10-18)14-5-7-15(19)8-6-14/h5-8H,9-13,19H2,1-4H3. The van der Waals surface area contributed by atoms with E-state index in [1.165, 1.54) is 18.4 Å². The fourth-order valence-corrected chi connectivity index (χ4v) is 4.01. The van der Waals surface area contributed by atoms with Gasteiger partial charge < -0.3 is 10.5 Å². The van der Waals surface area contributed by atoms with E-state index in [1.54, 1.807) is 0 Å². The summed E-state index contributed by atoms with van der Waals surface area (Å²) in [6.07, 6.45) is 2.57. The zero-order valence-electron chi connectivity index (χ0n) is 13.8. The van der Waals surface area contributed by atoms with Crippen molar-refractivity contribution >= 4 is 5.69 Å². The van der Waals surface area contributed by atoms with E-state index >= 15 is 0 Å². The van der Waals surface area contributed by atoms with E-state index in [0.717, 1.165) is 25.3 Å². The molecule has 0 spiro atoms. The fourth-order valence-electron chi connectivity index (χ4n) is 4.01. The molecule has 0 amide bonds. The van der Waals surface area contributed by atoms with Gasteiger partial charge in [-0.1, -0.05) is 12.1 Å². The predicted octanol–water partition coefficient (Wildman–Crippen LogP) is 3.19. The van der Waals surface area contributed by atoms with E-state index in [2.05, 4.69) is 44.7 Å². The maximum Gasteiger partial charge on any atom is 0.0760 e. The first-order chi connectivity index (χ1) is 9.70. The molecule has 1 aliphatic carbocycles. The monoisotopic (exact) mass is 288 g/mol. The van der Waals surface area contributed by atoms with Gasteiger partial charge >= 0.3 is 0 Å². The van der Waals surface area contributed by atoms with Crippen LogP contribution in [-0.2, 0) is 10.2 Å². The number of nitrogen functional groups attached to an aromatic ring is 1. The number of rotatable bonds is 3. The highest BCUT2D eigenvalue weighted by Gasteiger charge is 2.48. The summed E-state index contributed by atoms with van der Waals surface area (Å²) >= 11 is 0. The highest BCUT2D eigenvalue weighted by Crippen LogP contribution is 2.49. The summed E-state index contributed by atoms with van der Waals surface area (Å²) in [6, 6.07) is 8.48. The van der Waals surface area contributed by atoms with Crippen LogP contribution in [0.5, 0.6) is 0 Å². The van der Waals surface area contributed by atoms with Gasteiger partial charge in [-0.25, -0.2) is 0 Å². The first-order valence-electron chi connectivity index (χ1n) is 7.98. The molecule has 1 aromatic carbocycles. The van der Waals surface area contributed by atoms with Crippen molar-refractivity contribution in [2.75, 3.05) is 25.4 Å². The van der Waals surface area contributed by atoms with Gasteiger partial charge in [-0.05, 0) is 58.2 Å². The molecule has 0 radical (unpaired) electrons. The Kier molecular flexibility index (Phi) is 3.34. The number of nitrogens with two attached hydrogens (primary N) is 1. The van der Waals surface area contributed by atoms with Gasteiger partial charge in [0.15, 0.2) is 0 Å². The third-order valence-electron chi connectivity index (χ3n) is 4.66. The van der Waals surface area contributed by atoms with Crippen molar-refractivity contribution in [1.82, 2.24) is 4.90 Å². The summed E-state index contributed by atoms with van der Waals surface area (Å²) < 4.78 is 6.19. The Labute approximate surface area is 128 Å². The molecule has 1 aliphatic heterocycles. The van der Waals surface area contributed by atoms with Crippen molar-refractivity contribution < 1.29 is 4.74 Å². The van der Waals surface area contributed by atoms with Crippen LogP contribution < -0.4 is 5.73 Å². The molecule has 2 aliphatic rings. The molecule has 1 aromatic rings. The van der Waals surface area contributed by atoms with Crippen LogP contribution in [0.25, 0.3) is 0 Å². The van der Waals surface area contributed by atoms with E-state index < -0.39 is 0 Å². The van der Waals surface area contributed by atoms with Crippen LogP contribution in [0.2, 0.25) is 0 Å². The first kappa shape index (κ1) is 14.9. The summed E-state index contributed by atoms with van der Waals surface area (Å²) in [5, 5.41) is 0. The quantitative estimate of drug-likeness (QED) is 0.868. The van der Waals surface area contributed by atoms with Crippen molar-refractivity contribution in [3.63, 3.8) is 0 Å². The topological polar surface area (TPSA) is 38.5 Å². The molecule has 0 bridgehead atoms. The minimum Gasteiger partial charge on any atom is -0.399 e. The van der Waals surface area contributed by atoms with Gasteiger partial charge in [0.05, 0.1) is 11.2 Å². The van der Waals surface area contributed by atoms with Crippen molar-refractivity contribution in [2.24, 2.45) is 0 Å². The van der Waals surface area contributed by atoms with E-state index in [4.69, 9.17) is 10.5 Å². The van der Waals surface area contributed by atoms with Crippen LogP contribution in [0, 0.1) is 0 Å². The second-order valence-electron chi connectivity index (χ2n) is 8.17. The molecular weight excluding hydrogens is 260 g/mol. The largest absolute Gasteiger partial charge is 0.399 e. The maximum absolute atomic E-state index is 6.19. The van der Waals surface area contributed by atoms with Crippen LogP contribution in [-0.4, -0.2) is 35.7 Å². The molecule has 1 heterocycles. The molecule has 2 fully saturated rings. The number of morpholine rings is 1. The van der Waals surface area contributed by atoms with E-state index in [-0.39, 0.29) is 11.2 Å².